The van der Waals surface area contributed by atoms with Crippen LogP contribution in [0.3, 0.4) is 0 Å². The first-order valence-electron chi connectivity index (χ1n) is 6.25. The first kappa shape index (κ1) is 15.6. The average Bonchev–Trinajstić information content (AvgIpc) is 2.44. The quantitative estimate of drug-likeness (QED) is 0.617. The molecule has 0 saturated carbocycles. The number of hydrogen-bond donors (Lipinski definition) is 2. The van der Waals surface area contributed by atoms with E-state index in [1.807, 2.05) is 24.5 Å². The van der Waals surface area contributed by atoms with Crippen LogP contribution in [-0.4, -0.2) is 36.2 Å². The molecule has 0 aliphatic carbocycles. The van der Waals surface area contributed by atoms with Gasteiger partial charge in [-0.2, -0.15) is 11.8 Å². The van der Waals surface area contributed by atoms with E-state index in [1.165, 1.54) is 0 Å². The molecule has 19 heavy (non-hydrogen) atoms. The summed E-state index contributed by atoms with van der Waals surface area (Å²) in [7, 11) is 0. The van der Waals surface area contributed by atoms with Crippen LogP contribution in [-0.2, 0) is 0 Å². The van der Waals surface area contributed by atoms with Gasteiger partial charge in [0.25, 0.3) is 5.91 Å². The molecule has 102 valence electrons. The van der Waals surface area contributed by atoms with E-state index in [1.54, 1.807) is 17.8 Å². The summed E-state index contributed by atoms with van der Waals surface area (Å²) in [6.45, 7) is 0.716. The fraction of sp³-hybridized carbons (Fsp3) is 0.400. The van der Waals surface area contributed by atoms with Gasteiger partial charge in [0.2, 0.25) is 0 Å². The molecule has 0 atom stereocenters. The van der Waals surface area contributed by atoms with Crippen LogP contribution in [0, 0.1) is 11.8 Å². The van der Waals surface area contributed by atoms with Gasteiger partial charge < -0.3 is 10.4 Å². The number of rotatable bonds is 6. The summed E-state index contributed by atoms with van der Waals surface area (Å²) in [5, 5.41) is 11.6. The third-order valence-electron chi connectivity index (χ3n) is 2.44. The highest BCUT2D eigenvalue weighted by atomic mass is 32.2. The van der Waals surface area contributed by atoms with E-state index in [0.29, 0.717) is 24.1 Å². The molecule has 1 amide bonds. The van der Waals surface area contributed by atoms with Gasteiger partial charge >= 0.3 is 0 Å². The Kier molecular flexibility index (Phi) is 7.80. The topological polar surface area (TPSA) is 49.3 Å². The van der Waals surface area contributed by atoms with Crippen molar-refractivity contribution in [2.45, 2.75) is 12.8 Å². The summed E-state index contributed by atoms with van der Waals surface area (Å²) >= 11 is 1.77. The van der Waals surface area contributed by atoms with Crippen LogP contribution in [0.1, 0.15) is 28.8 Å². The predicted molar refractivity (Wildman–Crippen MR) is 80.4 cm³/mol. The summed E-state index contributed by atoms with van der Waals surface area (Å²) in [5.74, 6) is 6.71. The number of carbonyl (C=O) groups excluding carboxylic acids is 1. The van der Waals surface area contributed by atoms with Crippen molar-refractivity contribution >= 4 is 17.7 Å². The van der Waals surface area contributed by atoms with Crippen molar-refractivity contribution in [1.82, 2.24) is 5.32 Å². The Morgan fingerprint density at radius 1 is 1.42 bits per heavy atom. The van der Waals surface area contributed by atoms with Crippen molar-refractivity contribution in [3.8, 4) is 11.8 Å². The molecule has 0 aliphatic rings. The lowest BCUT2D eigenvalue weighted by molar-refractivity contribution is 0.0953. The smallest absolute Gasteiger partial charge is 0.252 e. The van der Waals surface area contributed by atoms with E-state index in [2.05, 4.69) is 17.2 Å². The van der Waals surface area contributed by atoms with E-state index in [-0.39, 0.29) is 12.5 Å². The van der Waals surface area contributed by atoms with Crippen LogP contribution in [0.15, 0.2) is 24.3 Å². The first-order valence-corrected chi connectivity index (χ1v) is 7.65. The minimum atomic E-state index is -0.0880. The molecule has 0 aromatic heterocycles. The molecule has 0 aliphatic heterocycles. The van der Waals surface area contributed by atoms with E-state index in [0.717, 1.165) is 12.2 Å². The zero-order valence-corrected chi connectivity index (χ0v) is 11.9. The number of amides is 1. The number of benzene rings is 1. The standard InChI is InChI=1S/C15H19NO2S/c1-19-12-6-10-16-15(18)14-9-3-2-7-13(14)8-4-5-11-17/h2-3,7,9,17H,5-6,10-12H2,1H3,(H,16,18). The molecule has 1 aromatic rings. The second kappa shape index (κ2) is 9.48. The first-order chi connectivity index (χ1) is 9.29. The normalized spacial score (nSPS) is 9.58. The largest absolute Gasteiger partial charge is 0.395 e. The predicted octanol–water partition coefficient (Wildman–Crippen LogP) is 1.90. The van der Waals surface area contributed by atoms with Gasteiger partial charge in [-0.15, -0.1) is 0 Å². The third kappa shape index (κ3) is 5.82. The average molecular weight is 277 g/mol. The summed E-state index contributed by atoms with van der Waals surface area (Å²) in [6, 6.07) is 7.27. The fourth-order valence-electron chi connectivity index (χ4n) is 1.52. The van der Waals surface area contributed by atoms with Crippen molar-refractivity contribution in [3.63, 3.8) is 0 Å². The van der Waals surface area contributed by atoms with E-state index in [4.69, 9.17) is 5.11 Å². The minimum absolute atomic E-state index is 0.0377. The molecule has 3 nitrogen and oxygen atoms in total. The highest BCUT2D eigenvalue weighted by molar-refractivity contribution is 7.98. The lowest BCUT2D eigenvalue weighted by Gasteiger charge is -2.06. The highest BCUT2D eigenvalue weighted by Crippen LogP contribution is 2.07. The van der Waals surface area contributed by atoms with Crippen LogP contribution in [0.4, 0.5) is 0 Å². The summed E-state index contributed by atoms with van der Waals surface area (Å²) in [5.41, 5.74) is 1.30. The van der Waals surface area contributed by atoms with Crippen molar-refractivity contribution in [3.05, 3.63) is 35.4 Å². The number of hydrogen-bond acceptors (Lipinski definition) is 3. The molecule has 1 aromatic carbocycles. The maximum atomic E-state index is 12.0. The number of aliphatic hydroxyl groups is 1. The monoisotopic (exact) mass is 277 g/mol. The van der Waals surface area contributed by atoms with Gasteiger partial charge in [-0.3, -0.25) is 4.79 Å². The zero-order valence-electron chi connectivity index (χ0n) is 11.1. The Labute approximate surface area is 118 Å². The van der Waals surface area contributed by atoms with E-state index >= 15 is 0 Å². The number of carbonyl (C=O) groups is 1. The Morgan fingerprint density at radius 2 is 2.21 bits per heavy atom. The Hall–Kier alpha value is -1.44. The van der Waals surface area contributed by atoms with E-state index in [9.17, 15) is 4.79 Å². The van der Waals surface area contributed by atoms with Crippen LogP contribution in [0.25, 0.3) is 0 Å². The highest BCUT2D eigenvalue weighted by Gasteiger charge is 2.08. The maximum absolute atomic E-state index is 12.0. The molecule has 0 saturated heterocycles. The van der Waals surface area contributed by atoms with Crippen LogP contribution >= 0.6 is 11.8 Å². The molecule has 0 fully saturated rings. The number of nitrogens with one attached hydrogen (secondary N) is 1. The Bertz CT molecular complexity index is 463. The molecule has 0 spiro atoms. The summed E-state index contributed by atoms with van der Waals surface area (Å²) < 4.78 is 0. The van der Waals surface area contributed by atoms with Gasteiger partial charge in [0.15, 0.2) is 0 Å². The second-order valence-corrected chi connectivity index (χ2v) is 4.91. The van der Waals surface area contributed by atoms with E-state index < -0.39 is 0 Å². The summed E-state index contributed by atoms with van der Waals surface area (Å²) in [4.78, 5) is 12.0. The molecule has 2 N–H and O–H groups in total. The maximum Gasteiger partial charge on any atom is 0.252 e. The number of thioether (sulfide) groups is 1. The molecular weight excluding hydrogens is 258 g/mol. The van der Waals surface area contributed by atoms with Gasteiger partial charge in [0.1, 0.15) is 0 Å². The Morgan fingerprint density at radius 3 is 2.95 bits per heavy atom. The third-order valence-corrected chi connectivity index (χ3v) is 3.14. The fourth-order valence-corrected chi connectivity index (χ4v) is 1.95. The van der Waals surface area contributed by atoms with Crippen molar-refractivity contribution < 1.29 is 9.90 Å². The van der Waals surface area contributed by atoms with Crippen LogP contribution in [0.2, 0.25) is 0 Å². The van der Waals surface area contributed by atoms with Gasteiger partial charge in [0, 0.05) is 18.5 Å². The van der Waals surface area contributed by atoms with Crippen molar-refractivity contribution in [1.29, 1.82) is 0 Å². The summed E-state index contributed by atoms with van der Waals surface area (Å²) in [6.07, 6.45) is 3.43. The Balaban J connectivity index is 2.66. The van der Waals surface area contributed by atoms with Gasteiger partial charge in [0.05, 0.1) is 12.2 Å². The van der Waals surface area contributed by atoms with Crippen LogP contribution in [0.5, 0.6) is 0 Å². The molecule has 0 unspecified atom stereocenters. The van der Waals surface area contributed by atoms with Gasteiger partial charge in [-0.05, 0) is 30.6 Å². The zero-order chi connectivity index (χ0) is 13.9. The van der Waals surface area contributed by atoms with Crippen molar-refractivity contribution in [2.24, 2.45) is 0 Å². The molecular formula is C15H19NO2S. The lowest BCUT2D eigenvalue weighted by Crippen LogP contribution is -2.25. The minimum Gasteiger partial charge on any atom is -0.395 e. The molecule has 4 heteroatoms. The molecule has 0 heterocycles. The molecule has 0 bridgehead atoms. The van der Waals surface area contributed by atoms with Crippen LogP contribution < -0.4 is 5.32 Å². The van der Waals surface area contributed by atoms with Gasteiger partial charge in [-0.25, -0.2) is 0 Å². The molecule has 0 radical (unpaired) electrons. The number of aliphatic hydroxyl groups excluding tert-OH is 1. The molecule has 1 rings (SSSR count). The lowest BCUT2D eigenvalue weighted by atomic mass is 10.1. The SMILES string of the molecule is CSCCCNC(=O)c1ccccc1C#CCCO. The second-order valence-electron chi connectivity index (χ2n) is 3.92. The van der Waals surface area contributed by atoms with Gasteiger partial charge in [-0.1, -0.05) is 24.0 Å². The van der Waals surface area contributed by atoms with Crippen molar-refractivity contribution in [2.75, 3.05) is 25.2 Å².